The van der Waals surface area contributed by atoms with Gasteiger partial charge >= 0.3 is 12.0 Å². The van der Waals surface area contributed by atoms with E-state index < -0.39 is 42.2 Å². The molecule has 2 N–H and O–H groups in total. The zero-order chi connectivity index (χ0) is 17.7. The van der Waals surface area contributed by atoms with Crippen molar-refractivity contribution >= 4 is 35.6 Å². The molecule has 0 bridgehead atoms. The number of rotatable bonds is 6. The first kappa shape index (κ1) is 17.1. The van der Waals surface area contributed by atoms with Crippen molar-refractivity contribution in [2.24, 2.45) is 0 Å². The number of hydrogen-bond acceptors (Lipinski definition) is 7. The average Bonchev–Trinajstić information content (AvgIpc) is 3.02. The molecule has 2 heterocycles. The third-order valence-corrected chi connectivity index (χ3v) is 3.11. The first-order valence-corrected chi connectivity index (χ1v) is 7.00. The molecular weight excluding hydrogens is 324 g/mol. The molecule has 2 rings (SSSR count). The Kier molecular flexibility index (Phi) is 5.24. The van der Waals surface area contributed by atoms with Gasteiger partial charge in [0.15, 0.2) is 0 Å². The second-order valence-corrected chi connectivity index (χ2v) is 4.82. The zero-order valence-corrected chi connectivity index (χ0v) is 12.4. The van der Waals surface area contributed by atoms with E-state index in [0.29, 0.717) is 5.06 Å². The molecule has 0 atom stereocenters. The normalized spacial score (nSPS) is 16.8. The van der Waals surface area contributed by atoms with Gasteiger partial charge in [0.2, 0.25) is 0 Å². The van der Waals surface area contributed by atoms with Crippen LogP contribution in [0.3, 0.4) is 0 Å². The van der Waals surface area contributed by atoms with E-state index in [9.17, 15) is 28.8 Å². The van der Waals surface area contributed by atoms with Gasteiger partial charge < -0.3 is 15.5 Å². The van der Waals surface area contributed by atoms with Gasteiger partial charge in [0.25, 0.3) is 23.6 Å². The van der Waals surface area contributed by atoms with Crippen LogP contribution in [0.25, 0.3) is 0 Å². The van der Waals surface area contributed by atoms with Crippen molar-refractivity contribution < 1.29 is 33.6 Å². The Morgan fingerprint density at radius 2 is 1.58 bits per heavy atom. The van der Waals surface area contributed by atoms with Crippen LogP contribution in [-0.4, -0.2) is 65.2 Å². The van der Waals surface area contributed by atoms with E-state index in [4.69, 9.17) is 0 Å². The molecule has 0 aromatic heterocycles. The Morgan fingerprint density at radius 1 is 1.00 bits per heavy atom. The number of imide groups is 2. The minimum Gasteiger partial charge on any atom is -0.336 e. The molecule has 0 radical (unpaired) electrons. The molecular formula is C13H14N4O7. The van der Waals surface area contributed by atoms with E-state index in [1.807, 2.05) is 0 Å². The first-order valence-electron chi connectivity index (χ1n) is 7.00. The third-order valence-electron chi connectivity index (χ3n) is 3.11. The maximum atomic E-state index is 11.5. The predicted octanol–water partition coefficient (Wildman–Crippen LogP) is -2.18. The van der Waals surface area contributed by atoms with Gasteiger partial charge in [-0.25, -0.2) is 9.59 Å². The van der Waals surface area contributed by atoms with Crippen LogP contribution in [-0.2, 0) is 28.8 Å². The number of amides is 6. The standard InChI is InChI=1S/C13H14N4O7/c18-8-1-2-9(19)16(8)6-5-14-13(23)15-7-12(22)24-17-10(20)3-4-11(17)21/h1-2H,3-7H2,(H2,14,15,23). The van der Waals surface area contributed by atoms with Gasteiger partial charge in [-0.15, -0.1) is 5.06 Å². The van der Waals surface area contributed by atoms with Gasteiger partial charge in [0.05, 0.1) is 0 Å². The van der Waals surface area contributed by atoms with Crippen LogP contribution in [0.2, 0.25) is 0 Å². The molecule has 6 amide bonds. The molecule has 0 saturated carbocycles. The van der Waals surface area contributed by atoms with Crippen molar-refractivity contribution in [1.29, 1.82) is 0 Å². The first-order chi connectivity index (χ1) is 11.4. The molecule has 1 saturated heterocycles. The highest BCUT2D eigenvalue weighted by Crippen LogP contribution is 2.11. The maximum Gasteiger partial charge on any atom is 0.352 e. The van der Waals surface area contributed by atoms with Crippen LogP contribution < -0.4 is 10.6 Å². The Morgan fingerprint density at radius 3 is 2.17 bits per heavy atom. The van der Waals surface area contributed by atoms with E-state index in [0.717, 1.165) is 17.1 Å². The number of hydroxylamine groups is 2. The van der Waals surface area contributed by atoms with Crippen molar-refractivity contribution in [3.8, 4) is 0 Å². The summed E-state index contributed by atoms with van der Waals surface area (Å²) in [6, 6.07) is -0.738. The van der Waals surface area contributed by atoms with Crippen molar-refractivity contribution in [1.82, 2.24) is 20.6 Å². The molecule has 11 nitrogen and oxygen atoms in total. The molecule has 0 spiro atoms. The van der Waals surface area contributed by atoms with Gasteiger partial charge in [0.1, 0.15) is 6.54 Å². The molecule has 2 aliphatic rings. The average molecular weight is 338 g/mol. The monoisotopic (exact) mass is 338 g/mol. The lowest BCUT2D eigenvalue weighted by Gasteiger charge is -2.15. The lowest BCUT2D eigenvalue weighted by molar-refractivity contribution is -0.196. The van der Waals surface area contributed by atoms with Gasteiger partial charge in [-0.2, -0.15) is 0 Å². The van der Waals surface area contributed by atoms with Crippen molar-refractivity contribution in [3.05, 3.63) is 12.2 Å². The summed E-state index contributed by atoms with van der Waals surface area (Å²) < 4.78 is 0. The second-order valence-electron chi connectivity index (χ2n) is 4.82. The largest absolute Gasteiger partial charge is 0.352 e. The van der Waals surface area contributed by atoms with Crippen molar-refractivity contribution in [3.63, 3.8) is 0 Å². The molecule has 0 aliphatic carbocycles. The minimum atomic E-state index is -0.983. The van der Waals surface area contributed by atoms with Crippen LogP contribution in [0.15, 0.2) is 12.2 Å². The maximum absolute atomic E-state index is 11.5. The molecule has 2 aliphatic heterocycles. The summed E-state index contributed by atoms with van der Waals surface area (Å²) in [6.07, 6.45) is 2.20. The molecule has 0 aromatic rings. The van der Waals surface area contributed by atoms with E-state index in [-0.39, 0.29) is 25.9 Å². The fraction of sp³-hybridized carbons (Fsp3) is 0.385. The van der Waals surface area contributed by atoms with Crippen LogP contribution in [0.4, 0.5) is 4.79 Å². The number of carbonyl (C=O) groups excluding carboxylic acids is 6. The number of hydrogen-bond donors (Lipinski definition) is 2. The minimum absolute atomic E-state index is 0.0108. The molecule has 0 aromatic carbocycles. The van der Waals surface area contributed by atoms with Crippen LogP contribution in [0, 0.1) is 0 Å². The summed E-state index contributed by atoms with van der Waals surface area (Å²) in [6.45, 7) is -0.589. The highest BCUT2D eigenvalue weighted by atomic mass is 16.7. The Hall–Kier alpha value is -3.24. The lowest BCUT2D eigenvalue weighted by atomic mass is 10.4. The molecule has 11 heteroatoms. The molecule has 0 unspecified atom stereocenters. The highest BCUT2D eigenvalue weighted by molar-refractivity contribution is 6.12. The zero-order valence-electron chi connectivity index (χ0n) is 12.4. The lowest BCUT2D eigenvalue weighted by Crippen LogP contribution is -2.44. The smallest absolute Gasteiger partial charge is 0.336 e. The van der Waals surface area contributed by atoms with Crippen LogP contribution >= 0.6 is 0 Å². The number of nitrogens with one attached hydrogen (secondary N) is 2. The molecule has 128 valence electrons. The van der Waals surface area contributed by atoms with E-state index >= 15 is 0 Å². The Balaban J connectivity index is 1.63. The quantitative estimate of drug-likeness (QED) is 0.524. The Bertz CT molecular complexity index is 608. The summed E-state index contributed by atoms with van der Waals surface area (Å²) in [5, 5.41) is 4.87. The van der Waals surface area contributed by atoms with Crippen molar-refractivity contribution in [2.75, 3.05) is 19.6 Å². The van der Waals surface area contributed by atoms with E-state index in [1.54, 1.807) is 0 Å². The van der Waals surface area contributed by atoms with Gasteiger partial charge in [-0.3, -0.25) is 24.1 Å². The highest BCUT2D eigenvalue weighted by Gasteiger charge is 2.32. The van der Waals surface area contributed by atoms with E-state index in [2.05, 4.69) is 15.5 Å². The molecule has 24 heavy (non-hydrogen) atoms. The summed E-state index contributed by atoms with van der Waals surface area (Å²) in [4.78, 5) is 73.4. The number of carbonyl (C=O) groups is 6. The summed E-state index contributed by atoms with van der Waals surface area (Å²) in [7, 11) is 0. The SMILES string of the molecule is O=C(NCCN1C(=O)C=CC1=O)NCC(=O)ON1C(=O)CCC1=O. The van der Waals surface area contributed by atoms with Gasteiger partial charge in [-0.05, 0) is 0 Å². The van der Waals surface area contributed by atoms with Crippen LogP contribution in [0.5, 0.6) is 0 Å². The van der Waals surface area contributed by atoms with E-state index in [1.165, 1.54) is 0 Å². The fourth-order valence-electron chi connectivity index (χ4n) is 1.94. The van der Waals surface area contributed by atoms with Crippen molar-refractivity contribution in [2.45, 2.75) is 12.8 Å². The Labute approximate surface area is 135 Å². The summed E-state index contributed by atoms with van der Waals surface area (Å²) >= 11 is 0. The number of urea groups is 1. The summed E-state index contributed by atoms with van der Waals surface area (Å²) in [5.74, 6) is -3.16. The topological polar surface area (TPSA) is 142 Å². The van der Waals surface area contributed by atoms with Crippen LogP contribution in [0.1, 0.15) is 12.8 Å². The van der Waals surface area contributed by atoms with Gasteiger partial charge in [-0.1, -0.05) is 0 Å². The second kappa shape index (κ2) is 7.35. The third kappa shape index (κ3) is 4.15. The predicted molar refractivity (Wildman–Crippen MR) is 74.4 cm³/mol. The van der Waals surface area contributed by atoms with Gasteiger partial charge in [0, 0.05) is 38.1 Å². The fourth-order valence-corrected chi connectivity index (χ4v) is 1.94. The molecule has 1 fully saturated rings. The number of nitrogens with zero attached hydrogens (tertiary/aromatic N) is 2. The summed E-state index contributed by atoms with van der Waals surface area (Å²) in [5.41, 5.74) is 0.